The highest BCUT2D eigenvalue weighted by Gasteiger charge is 2.55. The van der Waals surface area contributed by atoms with Crippen molar-refractivity contribution in [2.75, 3.05) is 38.7 Å². The van der Waals surface area contributed by atoms with Crippen LogP contribution in [0.3, 0.4) is 0 Å². The number of hydrogen-bond donors (Lipinski definition) is 2. The van der Waals surface area contributed by atoms with Gasteiger partial charge in [0.1, 0.15) is 17.4 Å². The van der Waals surface area contributed by atoms with E-state index in [-0.39, 0.29) is 31.8 Å². The molecular weight excluding hydrogens is 518 g/mol. The van der Waals surface area contributed by atoms with Crippen molar-refractivity contribution < 1.29 is 28.2 Å². The van der Waals surface area contributed by atoms with Crippen molar-refractivity contribution in [3.05, 3.63) is 95.2 Å². The number of fused-ring (bicyclic) bond motifs is 4. The summed E-state index contributed by atoms with van der Waals surface area (Å²) in [6, 6.07) is 15.9. The minimum absolute atomic E-state index is 0.00446. The lowest BCUT2D eigenvalue weighted by Crippen LogP contribution is -2.68. The van der Waals surface area contributed by atoms with Crippen LogP contribution in [0.4, 0.5) is 19.3 Å². The number of urea groups is 1. The molecule has 0 unspecified atom stereocenters. The zero-order valence-corrected chi connectivity index (χ0v) is 22.0. The number of amides is 3. The van der Waals surface area contributed by atoms with Crippen molar-refractivity contribution in [3.8, 4) is 5.75 Å². The molecule has 1 fully saturated rings. The molecule has 0 saturated carbocycles. The molecule has 10 heteroatoms. The Hall–Kier alpha value is -4.44. The number of rotatable bonds is 4. The van der Waals surface area contributed by atoms with Crippen molar-refractivity contribution in [1.29, 1.82) is 0 Å². The van der Waals surface area contributed by atoms with Gasteiger partial charge in [0.25, 0.3) is 5.91 Å². The Labute approximate surface area is 229 Å². The van der Waals surface area contributed by atoms with Crippen LogP contribution in [0.1, 0.15) is 27.7 Å². The molecule has 6 rings (SSSR count). The van der Waals surface area contributed by atoms with Crippen LogP contribution in [-0.2, 0) is 12.5 Å². The van der Waals surface area contributed by atoms with Crippen LogP contribution in [0, 0.1) is 11.6 Å². The van der Waals surface area contributed by atoms with Crippen LogP contribution in [-0.4, -0.2) is 64.8 Å². The number of hydrogen-bond acceptors (Lipinski definition) is 4. The molecule has 3 heterocycles. The van der Waals surface area contributed by atoms with E-state index in [0.717, 1.165) is 22.2 Å². The summed E-state index contributed by atoms with van der Waals surface area (Å²) in [5, 5.41) is 14.3. The fourth-order valence-corrected chi connectivity index (χ4v) is 6.19. The van der Waals surface area contributed by atoms with E-state index in [0.29, 0.717) is 11.4 Å². The van der Waals surface area contributed by atoms with Crippen LogP contribution in [0.2, 0.25) is 0 Å². The third kappa shape index (κ3) is 3.98. The molecule has 8 nitrogen and oxygen atoms in total. The van der Waals surface area contributed by atoms with E-state index in [1.807, 2.05) is 29.8 Å². The molecule has 0 radical (unpaired) electrons. The van der Waals surface area contributed by atoms with Gasteiger partial charge in [-0.05, 0) is 54.1 Å². The Bertz CT molecular complexity index is 1630. The third-order valence-corrected chi connectivity index (χ3v) is 8.06. The van der Waals surface area contributed by atoms with Gasteiger partial charge in [-0.2, -0.15) is 0 Å². The van der Waals surface area contributed by atoms with E-state index in [1.165, 1.54) is 42.5 Å². The Morgan fingerprint density at radius 1 is 1.05 bits per heavy atom. The molecular formula is C30H28F2N4O4. The molecule has 2 N–H and O–H groups in total. The molecule has 1 spiro atoms. The molecule has 3 aromatic carbocycles. The summed E-state index contributed by atoms with van der Waals surface area (Å²) in [6.07, 6.45) is 0. The average Bonchev–Trinajstić information content (AvgIpc) is 3.24. The van der Waals surface area contributed by atoms with Crippen molar-refractivity contribution >= 4 is 28.5 Å². The van der Waals surface area contributed by atoms with Crippen LogP contribution >= 0.6 is 0 Å². The molecule has 1 aromatic heterocycles. The second-order valence-electron chi connectivity index (χ2n) is 10.4. The zero-order valence-electron chi connectivity index (χ0n) is 22.0. The Morgan fingerprint density at radius 3 is 2.45 bits per heavy atom. The number of nitrogens with zero attached hydrogens (tertiary/aromatic N) is 3. The van der Waals surface area contributed by atoms with Crippen molar-refractivity contribution in [2.45, 2.75) is 11.5 Å². The second-order valence-corrected chi connectivity index (χ2v) is 10.4. The lowest BCUT2D eigenvalue weighted by atomic mass is 9.68. The predicted molar refractivity (Wildman–Crippen MR) is 145 cm³/mol. The maximum atomic E-state index is 14.4. The van der Waals surface area contributed by atoms with E-state index >= 15 is 0 Å². The van der Waals surface area contributed by atoms with Gasteiger partial charge in [0, 0.05) is 49.5 Å². The van der Waals surface area contributed by atoms with Crippen LogP contribution in [0.25, 0.3) is 10.9 Å². The average molecular weight is 547 g/mol. The Kier molecular flexibility index (Phi) is 6.22. The first-order valence-corrected chi connectivity index (χ1v) is 12.9. The van der Waals surface area contributed by atoms with Crippen LogP contribution in [0.15, 0.2) is 66.7 Å². The van der Waals surface area contributed by atoms with E-state index in [1.54, 1.807) is 23.0 Å². The van der Waals surface area contributed by atoms with Gasteiger partial charge >= 0.3 is 6.03 Å². The van der Waals surface area contributed by atoms with E-state index in [9.17, 15) is 23.5 Å². The van der Waals surface area contributed by atoms with Crippen LogP contribution < -0.4 is 10.1 Å². The topological polar surface area (TPSA) is 87.0 Å². The van der Waals surface area contributed by atoms with Crippen molar-refractivity contribution in [2.24, 2.45) is 7.05 Å². The monoisotopic (exact) mass is 546 g/mol. The first kappa shape index (κ1) is 25.8. The second kappa shape index (κ2) is 9.63. The number of methoxy groups -OCH3 is 1. The molecule has 4 aromatic rings. The number of carbonyl (C=O) groups excluding carboxylic acids is 2. The molecule has 3 amide bonds. The number of ether oxygens (including phenoxy) is 1. The number of halogens is 2. The number of benzene rings is 3. The summed E-state index contributed by atoms with van der Waals surface area (Å²) in [5.41, 5.74) is 2.32. The van der Waals surface area contributed by atoms with E-state index in [2.05, 4.69) is 5.32 Å². The number of aromatic nitrogens is 1. The number of likely N-dealkylation sites (tertiary alicyclic amines) is 1. The molecule has 40 heavy (non-hydrogen) atoms. The minimum atomic E-state index is -0.680. The van der Waals surface area contributed by atoms with Gasteiger partial charge in [0.05, 0.1) is 36.3 Å². The Morgan fingerprint density at radius 2 is 1.77 bits per heavy atom. The Balaban J connectivity index is 1.43. The summed E-state index contributed by atoms with van der Waals surface area (Å²) in [7, 11) is 3.46. The maximum absolute atomic E-state index is 14.4. The van der Waals surface area contributed by atoms with Gasteiger partial charge in [0.15, 0.2) is 0 Å². The SMILES string of the molecule is COc1ccc2c3c(n(C)c2c1)[C@@H](CO)N(C(=O)Nc1ccc(F)cc1)CC31CN(C(=O)c2ccccc2F)C1. The molecule has 0 bridgehead atoms. The van der Waals surface area contributed by atoms with Crippen molar-refractivity contribution in [3.63, 3.8) is 0 Å². The van der Waals surface area contributed by atoms with E-state index < -0.39 is 35.0 Å². The highest BCUT2D eigenvalue weighted by Crippen LogP contribution is 2.50. The van der Waals surface area contributed by atoms with Gasteiger partial charge < -0.3 is 29.5 Å². The molecule has 206 valence electrons. The zero-order chi connectivity index (χ0) is 28.2. The summed E-state index contributed by atoms with van der Waals surface area (Å²) < 4.78 is 35.3. The fourth-order valence-electron chi connectivity index (χ4n) is 6.19. The van der Waals surface area contributed by atoms with Gasteiger partial charge in [-0.3, -0.25) is 4.79 Å². The first-order chi connectivity index (χ1) is 19.3. The minimum Gasteiger partial charge on any atom is -0.497 e. The molecule has 1 atom stereocenters. The molecule has 2 aliphatic rings. The number of anilines is 1. The largest absolute Gasteiger partial charge is 0.497 e. The number of nitrogens with one attached hydrogen (secondary N) is 1. The number of aliphatic hydroxyl groups is 1. The number of aryl methyl sites for hydroxylation is 1. The lowest BCUT2D eigenvalue weighted by molar-refractivity contribution is 0.0128. The fraction of sp³-hybridized carbons (Fsp3) is 0.267. The summed E-state index contributed by atoms with van der Waals surface area (Å²) >= 11 is 0. The van der Waals surface area contributed by atoms with Gasteiger partial charge in [-0.15, -0.1) is 0 Å². The predicted octanol–water partition coefficient (Wildman–Crippen LogP) is 4.44. The smallest absolute Gasteiger partial charge is 0.322 e. The quantitative estimate of drug-likeness (QED) is 0.396. The first-order valence-electron chi connectivity index (χ1n) is 12.9. The molecule has 2 aliphatic heterocycles. The van der Waals surface area contributed by atoms with E-state index in [4.69, 9.17) is 4.74 Å². The summed E-state index contributed by atoms with van der Waals surface area (Å²) in [5.74, 6) is -0.766. The number of aliphatic hydroxyl groups excluding tert-OH is 1. The van der Waals surface area contributed by atoms with Crippen molar-refractivity contribution in [1.82, 2.24) is 14.4 Å². The summed E-state index contributed by atoms with van der Waals surface area (Å²) in [6.45, 7) is 0.400. The summed E-state index contributed by atoms with van der Waals surface area (Å²) in [4.78, 5) is 30.0. The van der Waals surface area contributed by atoms with Gasteiger partial charge in [-0.1, -0.05) is 12.1 Å². The highest BCUT2D eigenvalue weighted by molar-refractivity contribution is 5.97. The lowest BCUT2D eigenvalue weighted by Gasteiger charge is -2.56. The molecule has 0 aliphatic carbocycles. The highest BCUT2D eigenvalue weighted by atomic mass is 19.1. The molecule has 1 saturated heterocycles. The number of carbonyl (C=O) groups is 2. The maximum Gasteiger partial charge on any atom is 0.322 e. The van der Waals surface area contributed by atoms with Gasteiger partial charge in [-0.25, -0.2) is 13.6 Å². The standard InChI is InChI=1S/C30H28F2N4O4/c1-34-24-13-20(40-2)11-12-22(24)26-27(34)25(14-37)36(29(39)33-19-9-7-18(31)8-10-19)17-30(26)15-35(16-30)28(38)21-5-3-4-6-23(21)32/h3-13,25,37H,14-17H2,1-2H3,(H,33,39)/t25-/m1/s1. The normalized spacial score (nSPS) is 17.5. The third-order valence-electron chi connectivity index (χ3n) is 8.06. The van der Waals surface area contributed by atoms with Crippen LogP contribution in [0.5, 0.6) is 5.75 Å². The van der Waals surface area contributed by atoms with Gasteiger partial charge in [0.2, 0.25) is 0 Å².